The van der Waals surface area contributed by atoms with Gasteiger partial charge in [0.2, 0.25) is 0 Å². The summed E-state index contributed by atoms with van der Waals surface area (Å²) in [5, 5.41) is 12.6. The molecule has 0 aromatic heterocycles. The van der Waals surface area contributed by atoms with Crippen molar-refractivity contribution >= 4 is 0 Å². The normalized spacial score (nSPS) is 12.0. The van der Waals surface area contributed by atoms with E-state index in [-0.39, 0.29) is 4.65 Å². The van der Waals surface area contributed by atoms with Crippen LogP contribution in [0.3, 0.4) is 0 Å². The molecule has 0 atom stereocenters. The molecule has 24 heavy (non-hydrogen) atoms. The Morgan fingerprint density at radius 2 is 0.750 bits per heavy atom. The van der Waals surface area contributed by atoms with Crippen molar-refractivity contribution in [1.29, 1.82) is 0 Å². The first kappa shape index (κ1) is 23.9. The number of unbranched alkanes of at least 4 members (excludes halogenated alkanes) is 13. The Kier molecular flexibility index (Phi) is 17.7. The zero-order valence-electron chi connectivity index (χ0n) is 17.3. The largest absolute Gasteiger partial charge is 0.633 e. The van der Waals surface area contributed by atoms with Crippen LogP contribution in [0.25, 0.3) is 0 Å². The minimum absolute atomic E-state index is 0.0608. The van der Waals surface area contributed by atoms with Crippen molar-refractivity contribution in [2.45, 2.75) is 124 Å². The molecule has 0 aliphatic heterocycles. The lowest BCUT2D eigenvalue weighted by Crippen LogP contribution is -2.44. The third-order valence-electron chi connectivity index (χ3n) is 5.18. The number of rotatable bonds is 19. The number of hydrogen-bond acceptors (Lipinski definition) is 1. The maximum Gasteiger partial charge on any atom is 0.0783 e. The van der Waals surface area contributed by atoms with Gasteiger partial charge < -0.3 is 9.85 Å². The molecule has 0 amide bonds. The van der Waals surface area contributed by atoms with E-state index in [2.05, 4.69) is 20.8 Å². The van der Waals surface area contributed by atoms with Crippen LogP contribution in [0, 0.1) is 5.21 Å². The van der Waals surface area contributed by atoms with Crippen molar-refractivity contribution < 1.29 is 4.65 Å². The smallest absolute Gasteiger partial charge is 0.0783 e. The average Bonchev–Trinajstić information content (AvgIpc) is 2.55. The highest BCUT2D eigenvalue weighted by Crippen LogP contribution is 2.15. The van der Waals surface area contributed by atoms with Crippen LogP contribution >= 0.6 is 0 Å². The summed E-state index contributed by atoms with van der Waals surface area (Å²) < 4.78 is 0.0608. The van der Waals surface area contributed by atoms with Crippen molar-refractivity contribution in [3.8, 4) is 0 Å². The summed E-state index contributed by atoms with van der Waals surface area (Å²) >= 11 is 0. The molecule has 146 valence electrons. The Hall–Kier alpha value is -0.0800. The van der Waals surface area contributed by atoms with Crippen LogP contribution in [0.2, 0.25) is 0 Å². The standard InChI is InChI=1S/C22H47NO/c1-4-7-8-9-10-11-12-13-14-15-16-17-18-19-22-23(24,20-5-2)21-6-3/h4-22H2,1-3H3. The summed E-state index contributed by atoms with van der Waals surface area (Å²) in [6.45, 7) is 9.02. The molecule has 0 aliphatic carbocycles. The predicted molar refractivity (Wildman–Crippen MR) is 109 cm³/mol. The van der Waals surface area contributed by atoms with Gasteiger partial charge in [0.15, 0.2) is 0 Å². The molecule has 2 nitrogen and oxygen atoms in total. The lowest BCUT2D eigenvalue weighted by Gasteiger charge is -2.42. The van der Waals surface area contributed by atoms with E-state index in [1.165, 1.54) is 83.5 Å². The van der Waals surface area contributed by atoms with Gasteiger partial charge in [-0.25, -0.2) is 0 Å². The fourth-order valence-corrected chi connectivity index (χ4v) is 3.74. The van der Waals surface area contributed by atoms with Gasteiger partial charge in [-0.2, -0.15) is 0 Å². The monoisotopic (exact) mass is 341 g/mol. The molecule has 0 N–H and O–H groups in total. The van der Waals surface area contributed by atoms with Crippen LogP contribution in [-0.2, 0) is 0 Å². The zero-order valence-corrected chi connectivity index (χ0v) is 17.3. The van der Waals surface area contributed by atoms with Gasteiger partial charge in [-0.15, -0.1) is 0 Å². The number of nitrogens with zero attached hydrogens (tertiary/aromatic N) is 1. The SMILES string of the molecule is CCCCCCCCCCCCCCCC[N+]([O-])(CCC)CCC. The minimum atomic E-state index is 0.0608. The number of quaternary nitrogens is 1. The lowest BCUT2D eigenvalue weighted by atomic mass is 10.0. The highest BCUT2D eigenvalue weighted by molar-refractivity contribution is 4.51. The third kappa shape index (κ3) is 15.4. The second kappa shape index (κ2) is 17.7. The van der Waals surface area contributed by atoms with E-state index < -0.39 is 0 Å². The van der Waals surface area contributed by atoms with Gasteiger partial charge in [0.1, 0.15) is 0 Å². The Labute approximate surface area is 153 Å². The topological polar surface area (TPSA) is 23.1 Å². The predicted octanol–water partition coefficient (Wildman–Crippen LogP) is 7.60. The molecule has 0 aliphatic rings. The third-order valence-corrected chi connectivity index (χ3v) is 5.18. The first-order valence-electron chi connectivity index (χ1n) is 11.3. The lowest BCUT2D eigenvalue weighted by molar-refractivity contribution is -0.881. The van der Waals surface area contributed by atoms with Crippen molar-refractivity contribution in [1.82, 2.24) is 0 Å². The summed E-state index contributed by atoms with van der Waals surface area (Å²) in [6.07, 6.45) is 21.4. The van der Waals surface area contributed by atoms with Crippen LogP contribution in [0.4, 0.5) is 0 Å². The van der Waals surface area contributed by atoms with Crippen molar-refractivity contribution in [3.63, 3.8) is 0 Å². The van der Waals surface area contributed by atoms with Gasteiger partial charge in [-0.3, -0.25) is 0 Å². The van der Waals surface area contributed by atoms with Crippen LogP contribution in [0.5, 0.6) is 0 Å². The highest BCUT2D eigenvalue weighted by Gasteiger charge is 2.13. The molecule has 2 heteroatoms. The summed E-state index contributed by atoms with van der Waals surface area (Å²) in [5.74, 6) is 0. The maximum absolute atomic E-state index is 12.6. The maximum atomic E-state index is 12.6. The Bertz CT molecular complexity index is 236. The molecule has 0 saturated heterocycles. The molecular formula is C22H47NO. The van der Waals surface area contributed by atoms with Crippen molar-refractivity contribution in [2.75, 3.05) is 19.6 Å². The minimum Gasteiger partial charge on any atom is -0.633 e. The van der Waals surface area contributed by atoms with E-state index in [4.69, 9.17) is 0 Å². The van der Waals surface area contributed by atoms with Gasteiger partial charge in [-0.05, 0) is 25.7 Å². The molecule has 0 aromatic rings. The Balaban J connectivity index is 3.30. The summed E-state index contributed by atoms with van der Waals surface area (Å²) in [6, 6.07) is 0. The molecule has 0 rings (SSSR count). The first-order chi connectivity index (χ1) is 11.7. The van der Waals surface area contributed by atoms with Gasteiger partial charge in [0, 0.05) is 0 Å². The average molecular weight is 342 g/mol. The molecule has 0 heterocycles. The second-order valence-electron chi connectivity index (χ2n) is 7.83. The van der Waals surface area contributed by atoms with Crippen LogP contribution < -0.4 is 0 Å². The number of hydroxylamine groups is 3. The second-order valence-corrected chi connectivity index (χ2v) is 7.83. The first-order valence-corrected chi connectivity index (χ1v) is 11.3. The summed E-state index contributed by atoms with van der Waals surface area (Å²) in [4.78, 5) is 0. The summed E-state index contributed by atoms with van der Waals surface area (Å²) in [5.41, 5.74) is 0. The highest BCUT2D eigenvalue weighted by atomic mass is 16.5. The summed E-state index contributed by atoms with van der Waals surface area (Å²) in [7, 11) is 0. The van der Waals surface area contributed by atoms with E-state index in [1.54, 1.807) is 0 Å². The molecule has 0 aromatic carbocycles. The van der Waals surface area contributed by atoms with E-state index in [0.29, 0.717) is 0 Å². The van der Waals surface area contributed by atoms with E-state index in [0.717, 1.165) is 38.9 Å². The van der Waals surface area contributed by atoms with Crippen LogP contribution in [-0.4, -0.2) is 24.3 Å². The van der Waals surface area contributed by atoms with Gasteiger partial charge >= 0.3 is 0 Å². The fraction of sp³-hybridized carbons (Fsp3) is 1.00. The number of hydrogen-bond donors (Lipinski definition) is 0. The molecule has 0 radical (unpaired) electrons. The van der Waals surface area contributed by atoms with Crippen LogP contribution in [0.1, 0.15) is 124 Å². The molecule has 0 saturated carbocycles. The molecule has 0 spiro atoms. The molecular weight excluding hydrogens is 294 g/mol. The van der Waals surface area contributed by atoms with Gasteiger partial charge in [-0.1, -0.05) is 97.8 Å². The van der Waals surface area contributed by atoms with Gasteiger partial charge in [0.05, 0.1) is 19.6 Å². The van der Waals surface area contributed by atoms with E-state index in [9.17, 15) is 5.21 Å². The quantitative estimate of drug-likeness (QED) is 0.135. The van der Waals surface area contributed by atoms with E-state index in [1.807, 2.05) is 0 Å². The fourth-order valence-electron chi connectivity index (χ4n) is 3.74. The molecule has 0 bridgehead atoms. The molecule has 0 fully saturated rings. The zero-order chi connectivity index (χ0) is 17.9. The van der Waals surface area contributed by atoms with Gasteiger partial charge in [0.25, 0.3) is 0 Å². The van der Waals surface area contributed by atoms with Crippen molar-refractivity contribution in [2.24, 2.45) is 0 Å². The molecule has 0 unspecified atom stereocenters. The Morgan fingerprint density at radius 3 is 1.08 bits per heavy atom. The van der Waals surface area contributed by atoms with E-state index >= 15 is 0 Å². The van der Waals surface area contributed by atoms with Crippen LogP contribution in [0.15, 0.2) is 0 Å². The van der Waals surface area contributed by atoms with Crippen molar-refractivity contribution in [3.05, 3.63) is 5.21 Å². The Morgan fingerprint density at radius 1 is 0.417 bits per heavy atom.